The van der Waals surface area contributed by atoms with E-state index in [9.17, 15) is 4.79 Å². The largest absolute Gasteiger partial charge is 0.494 e. The number of nitrogens with zero attached hydrogens (tertiary/aromatic N) is 2. The first-order chi connectivity index (χ1) is 10.6. The van der Waals surface area contributed by atoms with Gasteiger partial charge in [-0.05, 0) is 30.7 Å². The molecule has 2 aromatic rings. The number of carbonyl (C=O) groups is 1. The molecule has 1 aromatic heterocycles. The highest BCUT2D eigenvalue weighted by atomic mass is 16.5. The molecule has 0 atom stereocenters. The van der Waals surface area contributed by atoms with E-state index in [-0.39, 0.29) is 17.9 Å². The van der Waals surface area contributed by atoms with Crippen molar-refractivity contribution >= 4 is 5.97 Å². The monoisotopic (exact) mass is 302 g/mol. The van der Waals surface area contributed by atoms with Crippen molar-refractivity contribution in [3.63, 3.8) is 0 Å². The maximum Gasteiger partial charge on any atom is 0.331 e. The van der Waals surface area contributed by atoms with Crippen molar-refractivity contribution in [1.82, 2.24) is 10.1 Å². The Balaban J connectivity index is 2.01. The summed E-state index contributed by atoms with van der Waals surface area (Å²) in [7, 11) is 0. The fourth-order valence-corrected chi connectivity index (χ4v) is 1.74. The van der Waals surface area contributed by atoms with Crippen molar-refractivity contribution in [3.05, 3.63) is 42.3 Å². The van der Waals surface area contributed by atoms with Crippen LogP contribution in [0.25, 0.3) is 11.4 Å². The zero-order valence-electron chi connectivity index (χ0n) is 12.4. The number of aliphatic carboxylic acids is 1. The van der Waals surface area contributed by atoms with Crippen LogP contribution in [0.15, 0.2) is 40.9 Å². The normalized spacial score (nSPS) is 10.4. The predicted octanol–water partition coefficient (Wildman–Crippen LogP) is 3.10. The summed E-state index contributed by atoms with van der Waals surface area (Å²) in [4.78, 5) is 14.9. The topological polar surface area (TPSA) is 85.5 Å². The van der Waals surface area contributed by atoms with Gasteiger partial charge < -0.3 is 14.4 Å². The minimum Gasteiger partial charge on any atom is -0.494 e. The molecule has 0 aliphatic heterocycles. The Morgan fingerprint density at radius 3 is 2.73 bits per heavy atom. The highest BCUT2D eigenvalue weighted by Crippen LogP contribution is 2.20. The van der Waals surface area contributed by atoms with E-state index >= 15 is 0 Å². The smallest absolute Gasteiger partial charge is 0.331 e. The lowest BCUT2D eigenvalue weighted by atomic mass is 10.2. The van der Waals surface area contributed by atoms with Gasteiger partial charge in [0.25, 0.3) is 0 Å². The van der Waals surface area contributed by atoms with Gasteiger partial charge in [-0.2, -0.15) is 4.98 Å². The minimum absolute atomic E-state index is 0.00914. The zero-order valence-corrected chi connectivity index (χ0v) is 12.4. The highest BCUT2D eigenvalue weighted by molar-refractivity contribution is 5.86. The number of hydrogen-bond acceptors (Lipinski definition) is 5. The molecule has 22 heavy (non-hydrogen) atoms. The number of benzene rings is 1. The van der Waals surface area contributed by atoms with Gasteiger partial charge in [0.1, 0.15) is 5.75 Å². The summed E-state index contributed by atoms with van der Waals surface area (Å²) >= 11 is 0. The van der Waals surface area contributed by atoms with E-state index in [2.05, 4.69) is 23.6 Å². The maximum atomic E-state index is 10.7. The average Bonchev–Trinajstić information content (AvgIpc) is 2.96. The summed E-state index contributed by atoms with van der Waals surface area (Å²) < 4.78 is 10.6. The van der Waals surface area contributed by atoms with Crippen LogP contribution < -0.4 is 4.74 Å². The average molecular weight is 302 g/mol. The molecular weight excluding hydrogens is 284 g/mol. The molecule has 0 radical (unpaired) electrons. The summed E-state index contributed by atoms with van der Waals surface area (Å²) in [5, 5.41) is 12.6. The van der Waals surface area contributed by atoms with E-state index in [4.69, 9.17) is 14.4 Å². The lowest BCUT2D eigenvalue weighted by molar-refractivity contribution is -0.132. The lowest BCUT2D eigenvalue weighted by Gasteiger charge is -2.04. The Morgan fingerprint density at radius 2 is 2.09 bits per heavy atom. The third-order valence-electron chi connectivity index (χ3n) is 3.01. The quantitative estimate of drug-likeness (QED) is 0.595. The number of hydrogen-bond donors (Lipinski definition) is 1. The van der Waals surface area contributed by atoms with Crippen molar-refractivity contribution in [1.29, 1.82) is 0 Å². The maximum absolute atomic E-state index is 10.7. The number of carboxylic acid groups (broad SMARTS) is 1. The molecule has 0 saturated carbocycles. The van der Waals surface area contributed by atoms with E-state index in [0.29, 0.717) is 12.4 Å². The molecule has 6 heteroatoms. The first kappa shape index (κ1) is 15.8. The van der Waals surface area contributed by atoms with Crippen LogP contribution in [0.3, 0.4) is 0 Å². The molecule has 116 valence electrons. The van der Waals surface area contributed by atoms with Crippen molar-refractivity contribution in [2.45, 2.75) is 26.2 Å². The van der Waals surface area contributed by atoms with Crippen LogP contribution in [0.2, 0.25) is 0 Å². The van der Waals surface area contributed by atoms with Crippen LogP contribution in [-0.2, 0) is 11.2 Å². The third-order valence-corrected chi connectivity index (χ3v) is 3.01. The van der Waals surface area contributed by atoms with Crippen LogP contribution in [-0.4, -0.2) is 27.8 Å². The Bertz CT molecular complexity index is 646. The standard InChI is InChI=1S/C16H18N2O4/c1-3-4-9-21-13-7-5-12(6-8-13)15-17-14(22-18-15)10-11(2)16(19)20/h5-8H,2-4,9-10H2,1H3,(H,19,20). The summed E-state index contributed by atoms with van der Waals surface area (Å²) in [6.07, 6.45) is 2.13. The summed E-state index contributed by atoms with van der Waals surface area (Å²) in [6, 6.07) is 7.36. The highest BCUT2D eigenvalue weighted by Gasteiger charge is 2.13. The van der Waals surface area contributed by atoms with E-state index in [1.165, 1.54) is 0 Å². The van der Waals surface area contributed by atoms with Gasteiger partial charge in [0, 0.05) is 11.1 Å². The second-order valence-corrected chi connectivity index (χ2v) is 4.82. The number of ether oxygens (including phenoxy) is 1. The Kier molecular flexibility index (Phi) is 5.30. The molecule has 2 rings (SSSR count). The first-order valence-corrected chi connectivity index (χ1v) is 7.07. The van der Waals surface area contributed by atoms with Gasteiger partial charge in [-0.15, -0.1) is 0 Å². The molecule has 0 amide bonds. The van der Waals surface area contributed by atoms with Crippen LogP contribution >= 0.6 is 0 Å². The number of unbranched alkanes of at least 4 members (excludes halogenated alkanes) is 1. The summed E-state index contributed by atoms with van der Waals surface area (Å²) in [6.45, 7) is 6.24. The van der Waals surface area contributed by atoms with Gasteiger partial charge in [0.05, 0.1) is 13.0 Å². The van der Waals surface area contributed by atoms with Gasteiger partial charge in [-0.25, -0.2) is 4.79 Å². The van der Waals surface area contributed by atoms with Crippen molar-refractivity contribution in [2.24, 2.45) is 0 Å². The first-order valence-electron chi connectivity index (χ1n) is 7.07. The molecule has 1 aromatic carbocycles. The third kappa shape index (κ3) is 4.18. The van der Waals surface area contributed by atoms with E-state index in [1.807, 2.05) is 24.3 Å². The fraction of sp³-hybridized carbons (Fsp3) is 0.312. The number of aromatic nitrogens is 2. The number of carboxylic acids is 1. The van der Waals surface area contributed by atoms with Crippen molar-refractivity contribution < 1.29 is 19.2 Å². The molecule has 0 unspecified atom stereocenters. The van der Waals surface area contributed by atoms with Gasteiger partial charge >= 0.3 is 5.97 Å². The molecule has 0 spiro atoms. The molecule has 1 heterocycles. The minimum atomic E-state index is -1.08. The fourth-order valence-electron chi connectivity index (χ4n) is 1.74. The van der Waals surface area contributed by atoms with Gasteiger partial charge in [-0.3, -0.25) is 0 Å². The molecule has 0 aliphatic carbocycles. The van der Waals surface area contributed by atoms with Gasteiger partial charge in [0.2, 0.25) is 11.7 Å². The summed E-state index contributed by atoms with van der Waals surface area (Å²) in [5.41, 5.74) is 0.786. The predicted molar refractivity (Wildman–Crippen MR) is 80.6 cm³/mol. The Labute approximate surface area is 128 Å². The van der Waals surface area contributed by atoms with Crippen molar-refractivity contribution in [2.75, 3.05) is 6.61 Å². The van der Waals surface area contributed by atoms with Crippen molar-refractivity contribution in [3.8, 4) is 17.1 Å². The summed E-state index contributed by atoms with van der Waals surface area (Å²) in [5.74, 6) is 0.354. The lowest BCUT2D eigenvalue weighted by Crippen LogP contribution is -2.02. The second kappa shape index (κ2) is 7.40. The van der Waals surface area contributed by atoms with Gasteiger partial charge in [0.15, 0.2) is 0 Å². The van der Waals surface area contributed by atoms with E-state index in [0.717, 1.165) is 24.2 Å². The van der Waals surface area contributed by atoms with E-state index in [1.54, 1.807) is 0 Å². The number of rotatable bonds is 8. The molecule has 0 saturated heterocycles. The molecular formula is C16H18N2O4. The zero-order chi connectivity index (χ0) is 15.9. The Hall–Kier alpha value is -2.63. The molecule has 1 N–H and O–H groups in total. The Morgan fingerprint density at radius 1 is 1.36 bits per heavy atom. The molecule has 6 nitrogen and oxygen atoms in total. The van der Waals surface area contributed by atoms with E-state index < -0.39 is 5.97 Å². The van der Waals surface area contributed by atoms with Crippen LogP contribution in [0, 0.1) is 0 Å². The van der Waals surface area contributed by atoms with Crippen LogP contribution in [0.1, 0.15) is 25.7 Å². The molecule has 0 fully saturated rings. The van der Waals surface area contributed by atoms with Crippen LogP contribution in [0.4, 0.5) is 0 Å². The van der Waals surface area contributed by atoms with Crippen LogP contribution in [0.5, 0.6) is 5.75 Å². The molecule has 0 bridgehead atoms. The SMILES string of the molecule is C=C(Cc1nc(-c2ccc(OCCCC)cc2)no1)C(=O)O. The van der Waals surface area contributed by atoms with Gasteiger partial charge in [-0.1, -0.05) is 25.1 Å². The molecule has 0 aliphatic rings. The second-order valence-electron chi connectivity index (χ2n) is 4.82.